The predicted molar refractivity (Wildman–Crippen MR) is 86.0 cm³/mol. The van der Waals surface area contributed by atoms with Gasteiger partial charge in [0.05, 0.1) is 0 Å². The van der Waals surface area contributed by atoms with Crippen LogP contribution in [0.3, 0.4) is 0 Å². The van der Waals surface area contributed by atoms with Gasteiger partial charge in [0, 0.05) is 0 Å². The summed E-state index contributed by atoms with van der Waals surface area (Å²) in [4.78, 5) is 10.6. The zero-order chi connectivity index (χ0) is 16.0. The molecular formula is C19H26O3. The average molecular weight is 302 g/mol. The van der Waals surface area contributed by atoms with Crippen molar-refractivity contribution in [1.82, 2.24) is 0 Å². The summed E-state index contributed by atoms with van der Waals surface area (Å²) in [6.07, 6.45) is 5.11. The molecule has 0 spiro atoms. The van der Waals surface area contributed by atoms with Crippen molar-refractivity contribution in [2.24, 2.45) is 22.7 Å². The number of carboxylic acids is 1. The Morgan fingerprint density at radius 3 is 2.73 bits per heavy atom. The molecule has 2 bridgehead atoms. The number of hydrogen-bond acceptors (Lipinski definition) is 2. The number of hydrogen-bond donors (Lipinski definition) is 1. The van der Waals surface area contributed by atoms with E-state index in [-0.39, 0.29) is 6.61 Å². The number of aliphatic carboxylic acids is 1. The lowest BCUT2D eigenvalue weighted by Crippen LogP contribution is -2.33. The van der Waals surface area contributed by atoms with Gasteiger partial charge in [0.25, 0.3) is 0 Å². The number of benzene rings is 1. The second-order valence-corrected chi connectivity index (χ2v) is 7.84. The van der Waals surface area contributed by atoms with Crippen molar-refractivity contribution >= 4 is 5.97 Å². The Balaban J connectivity index is 1.72. The molecule has 120 valence electrons. The molecule has 3 unspecified atom stereocenters. The Morgan fingerprint density at radius 2 is 2.14 bits per heavy atom. The van der Waals surface area contributed by atoms with E-state index in [1.807, 2.05) is 18.2 Å². The molecule has 2 saturated carbocycles. The molecule has 0 aromatic heterocycles. The summed E-state index contributed by atoms with van der Waals surface area (Å²) in [6, 6.07) is 7.94. The van der Waals surface area contributed by atoms with Crippen LogP contribution in [0.5, 0.6) is 5.75 Å². The smallest absolute Gasteiger partial charge is 0.341 e. The standard InChI is InChI=1S/C19H26O3/c1-18(2)14-7-8-19(18,3)15(11-14)9-13-5-4-6-16(10-13)22-12-17(20)21/h4-6,10,14-15H,7-9,11-12H2,1-3H3,(H,20,21). The van der Waals surface area contributed by atoms with E-state index in [4.69, 9.17) is 9.84 Å². The molecule has 2 aliphatic rings. The molecule has 3 nitrogen and oxygen atoms in total. The minimum Gasteiger partial charge on any atom is -0.482 e. The second-order valence-electron chi connectivity index (χ2n) is 7.84. The first-order chi connectivity index (χ1) is 10.3. The summed E-state index contributed by atoms with van der Waals surface area (Å²) in [5.74, 6) is 1.30. The fraction of sp³-hybridized carbons (Fsp3) is 0.632. The van der Waals surface area contributed by atoms with Gasteiger partial charge in [0.15, 0.2) is 6.61 Å². The van der Waals surface area contributed by atoms with Gasteiger partial charge in [-0.2, -0.15) is 0 Å². The SMILES string of the molecule is CC1(C)C2CCC1(C)C(Cc1cccc(OCC(=O)O)c1)C2. The summed E-state index contributed by atoms with van der Waals surface area (Å²) < 4.78 is 5.30. The normalized spacial score (nSPS) is 32.1. The van der Waals surface area contributed by atoms with Crippen molar-refractivity contribution in [3.63, 3.8) is 0 Å². The number of carbonyl (C=O) groups is 1. The molecular weight excluding hydrogens is 276 g/mol. The van der Waals surface area contributed by atoms with Crippen LogP contribution < -0.4 is 4.74 Å². The van der Waals surface area contributed by atoms with Gasteiger partial charge >= 0.3 is 5.97 Å². The number of fused-ring (bicyclic) bond motifs is 2. The van der Waals surface area contributed by atoms with E-state index >= 15 is 0 Å². The van der Waals surface area contributed by atoms with Gasteiger partial charge in [0.2, 0.25) is 0 Å². The van der Waals surface area contributed by atoms with Crippen LogP contribution in [0.4, 0.5) is 0 Å². The average Bonchev–Trinajstić information content (AvgIpc) is 2.79. The van der Waals surface area contributed by atoms with E-state index in [1.54, 1.807) is 0 Å². The van der Waals surface area contributed by atoms with Gasteiger partial charge < -0.3 is 9.84 Å². The molecule has 3 rings (SSSR count). The Kier molecular flexibility index (Phi) is 3.70. The minimum absolute atomic E-state index is 0.278. The van der Waals surface area contributed by atoms with Crippen LogP contribution in [0.15, 0.2) is 24.3 Å². The first-order valence-electron chi connectivity index (χ1n) is 8.26. The van der Waals surface area contributed by atoms with Gasteiger partial charge in [-0.1, -0.05) is 32.9 Å². The van der Waals surface area contributed by atoms with Crippen molar-refractivity contribution in [3.8, 4) is 5.75 Å². The van der Waals surface area contributed by atoms with Gasteiger partial charge in [-0.15, -0.1) is 0 Å². The Bertz CT molecular complexity index is 578. The monoisotopic (exact) mass is 302 g/mol. The van der Waals surface area contributed by atoms with Gasteiger partial charge in [-0.05, 0) is 66.0 Å². The van der Waals surface area contributed by atoms with E-state index in [1.165, 1.54) is 24.8 Å². The van der Waals surface area contributed by atoms with Crippen LogP contribution in [-0.2, 0) is 11.2 Å². The van der Waals surface area contributed by atoms with Gasteiger partial charge in [0.1, 0.15) is 5.75 Å². The zero-order valence-corrected chi connectivity index (χ0v) is 13.8. The van der Waals surface area contributed by atoms with Crippen molar-refractivity contribution in [2.45, 2.75) is 46.5 Å². The lowest BCUT2D eigenvalue weighted by molar-refractivity contribution is -0.139. The van der Waals surface area contributed by atoms with E-state index in [9.17, 15) is 4.79 Å². The van der Waals surface area contributed by atoms with E-state index in [0.29, 0.717) is 16.6 Å². The number of rotatable bonds is 5. The van der Waals surface area contributed by atoms with E-state index in [0.717, 1.165) is 18.3 Å². The second kappa shape index (κ2) is 5.29. The first kappa shape index (κ1) is 15.4. The summed E-state index contributed by atoms with van der Waals surface area (Å²) in [7, 11) is 0. The maximum absolute atomic E-state index is 10.6. The Hall–Kier alpha value is -1.51. The summed E-state index contributed by atoms with van der Waals surface area (Å²) in [5, 5.41) is 8.71. The minimum atomic E-state index is -0.937. The third kappa shape index (κ3) is 2.41. The summed E-state index contributed by atoms with van der Waals surface area (Å²) >= 11 is 0. The van der Waals surface area contributed by atoms with Crippen LogP contribution in [0.2, 0.25) is 0 Å². The highest BCUT2D eigenvalue weighted by molar-refractivity contribution is 5.68. The Labute approximate surface area is 132 Å². The quantitative estimate of drug-likeness (QED) is 0.888. The van der Waals surface area contributed by atoms with Crippen LogP contribution in [0.25, 0.3) is 0 Å². The molecule has 2 aliphatic carbocycles. The van der Waals surface area contributed by atoms with Crippen LogP contribution in [-0.4, -0.2) is 17.7 Å². The highest BCUT2D eigenvalue weighted by Gasteiger charge is 2.60. The molecule has 2 fully saturated rings. The molecule has 0 amide bonds. The topological polar surface area (TPSA) is 46.5 Å². The largest absolute Gasteiger partial charge is 0.482 e. The van der Waals surface area contributed by atoms with Crippen molar-refractivity contribution in [1.29, 1.82) is 0 Å². The fourth-order valence-corrected chi connectivity index (χ4v) is 4.87. The van der Waals surface area contributed by atoms with Crippen molar-refractivity contribution in [2.75, 3.05) is 6.61 Å². The van der Waals surface area contributed by atoms with Crippen LogP contribution >= 0.6 is 0 Å². The molecule has 0 aliphatic heterocycles. The maximum Gasteiger partial charge on any atom is 0.341 e. The molecule has 22 heavy (non-hydrogen) atoms. The summed E-state index contributed by atoms with van der Waals surface area (Å²) in [6.45, 7) is 7.07. The number of ether oxygens (including phenoxy) is 1. The molecule has 1 aromatic rings. The van der Waals surface area contributed by atoms with E-state index < -0.39 is 5.97 Å². The third-order valence-corrected chi connectivity index (χ3v) is 6.72. The lowest BCUT2D eigenvalue weighted by atomic mass is 9.65. The number of carboxylic acid groups (broad SMARTS) is 1. The zero-order valence-electron chi connectivity index (χ0n) is 13.8. The molecule has 1 aromatic carbocycles. The van der Waals surface area contributed by atoms with E-state index in [2.05, 4.69) is 26.8 Å². The molecule has 0 heterocycles. The van der Waals surface area contributed by atoms with Crippen LogP contribution in [0, 0.1) is 22.7 Å². The molecule has 0 saturated heterocycles. The van der Waals surface area contributed by atoms with Crippen molar-refractivity contribution in [3.05, 3.63) is 29.8 Å². The predicted octanol–water partition coefficient (Wildman–Crippen LogP) is 4.15. The Morgan fingerprint density at radius 1 is 1.36 bits per heavy atom. The highest BCUT2D eigenvalue weighted by Crippen LogP contribution is 2.68. The van der Waals surface area contributed by atoms with Gasteiger partial charge in [-0.25, -0.2) is 4.79 Å². The van der Waals surface area contributed by atoms with Crippen molar-refractivity contribution < 1.29 is 14.6 Å². The maximum atomic E-state index is 10.6. The molecule has 3 atom stereocenters. The summed E-state index contributed by atoms with van der Waals surface area (Å²) in [5.41, 5.74) is 2.13. The molecule has 0 radical (unpaired) electrons. The lowest BCUT2D eigenvalue weighted by Gasteiger charge is -2.39. The fourth-order valence-electron chi connectivity index (χ4n) is 4.87. The van der Waals surface area contributed by atoms with Gasteiger partial charge in [-0.3, -0.25) is 0 Å². The highest BCUT2D eigenvalue weighted by atomic mass is 16.5. The first-order valence-corrected chi connectivity index (χ1v) is 8.26. The molecule has 3 heteroatoms. The third-order valence-electron chi connectivity index (χ3n) is 6.72. The molecule has 1 N–H and O–H groups in total. The van der Waals surface area contributed by atoms with Crippen LogP contribution in [0.1, 0.15) is 45.6 Å².